The Balaban J connectivity index is 1.55. The van der Waals surface area contributed by atoms with Gasteiger partial charge in [-0.2, -0.15) is 0 Å². The van der Waals surface area contributed by atoms with E-state index < -0.39 is 0 Å². The molecule has 0 saturated carbocycles. The Hall–Kier alpha value is -2.71. The van der Waals surface area contributed by atoms with Gasteiger partial charge < -0.3 is 15.9 Å². The van der Waals surface area contributed by atoms with Gasteiger partial charge in [-0.25, -0.2) is 4.68 Å². The fourth-order valence-electron chi connectivity index (χ4n) is 2.42. The molecule has 0 spiro atoms. The fraction of sp³-hybridized carbons (Fsp3) is 0.211. The molecule has 9 heteroatoms. The first kappa shape index (κ1) is 20.0. The largest absolute Gasteiger partial charge is 0.494 e. The van der Waals surface area contributed by atoms with Gasteiger partial charge in [0.2, 0.25) is 11.1 Å². The smallest absolute Gasteiger partial charge is 0.230 e. The number of thioether (sulfide) groups is 1. The molecule has 3 N–H and O–H groups in total. The quantitative estimate of drug-likeness (QED) is 0.432. The van der Waals surface area contributed by atoms with E-state index in [4.69, 9.17) is 22.2 Å². The van der Waals surface area contributed by atoms with Crippen LogP contribution in [0.1, 0.15) is 12.5 Å². The van der Waals surface area contributed by atoms with Crippen molar-refractivity contribution >= 4 is 29.3 Å². The lowest BCUT2D eigenvalue weighted by Gasteiger charge is -2.06. The van der Waals surface area contributed by atoms with E-state index >= 15 is 0 Å². The molecule has 3 aromatic rings. The van der Waals surface area contributed by atoms with Crippen LogP contribution in [-0.2, 0) is 11.3 Å². The maximum absolute atomic E-state index is 12.1. The number of halogens is 1. The van der Waals surface area contributed by atoms with Gasteiger partial charge in [-0.1, -0.05) is 35.5 Å². The molecule has 0 radical (unpaired) electrons. The van der Waals surface area contributed by atoms with Crippen molar-refractivity contribution < 1.29 is 9.53 Å². The lowest BCUT2D eigenvalue weighted by Crippen LogP contribution is -2.25. The molecule has 1 amide bonds. The van der Waals surface area contributed by atoms with E-state index in [2.05, 4.69) is 15.5 Å². The molecule has 3 rings (SSSR count). The van der Waals surface area contributed by atoms with Crippen LogP contribution in [0, 0.1) is 0 Å². The third-order valence-electron chi connectivity index (χ3n) is 3.82. The number of nitrogens with two attached hydrogens (primary N) is 1. The van der Waals surface area contributed by atoms with Crippen LogP contribution in [0.3, 0.4) is 0 Å². The Morgan fingerprint density at radius 2 is 1.89 bits per heavy atom. The molecular formula is C19H20ClN5O2S. The average Bonchev–Trinajstić information content (AvgIpc) is 3.07. The first-order valence-electron chi connectivity index (χ1n) is 8.64. The molecule has 1 aromatic heterocycles. The summed E-state index contributed by atoms with van der Waals surface area (Å²) in [5, 5.41) is 12.2. The summed E-state index contributed by atoms with van der Waals surface area (Å²) in [7, 11) is 0. The Morgan fingerprint density at radius 1 is 1.18 bits per heavy atom. The first-order chi connectivity index (χ1) is 13.6. The summed E-state index contributed by atoms with van der Waals surface area (Å²) in [5.74, 6) is 7.46. The summed E-state index contributed by atoms with van der Waals surface area (Å²) >= 11 is 7.08. The minimum absolute atomic E-state index is 0.120. The number of nitrogens with zero attached hydrogens (tertiary/aromatic N) is 3. The normalized spacial score (nSPS) is 10.6. The summed E-state index contributed by atoms with van der Waals surface area (Å²) in [4.78, 5) is 12.1. The van der Waals surface area contributed by atoms with Gasteiger partial charge in [-0.3, -0.25) is 4.79 Å². The van der Waals surface area contributed by atoms with E-state index in [1.165, 1.54) is 16.4 Å². The molecule has 0 unspecified atom stereocenters. The maximum atomic E-state index is 12.1. The molecule has 0 aliphatic rings. The molecule has 0 aliphatic carbocycles. The van der Waals surface area contributed by atoms with Crippen molar-refractivity contribution in [2.45, 2.75) is 18.6 Å². The molecular weight excluding hydrogens is 398 g/mol. The summed E-state index contributed by atoms with van der Waals surface area (Å²) in [5.41, 5.74) is 1.79. The molecule has 0 saturated heterocycles. The summed E-state index contributed by atoms with van der Waals surface area (Å²) in [6, 6.07) is 14.8. The highest BCUT2D eigenvalue weighted by Gasteiger charge is 2.14. The Morgan fingerprint density at radius 3 is 2.57 bits per heavy atom. The standard InChI is InChI=1S/C19H20ClN5O2S/c1-2-27-16-9-5-14(6-10-16)18-23-24-19(25(18)21)28-12-17(26)22-11-13-3-7-15(20)8-4-13/h3-10H,2,11-12,21H2,1H3,(H,22,26). The third kappa shape index (κ3) is 5.17. The predicted molar refractivity (Wildman–Crippen MR) is 111 cm³/mol. The SMILES string of the molecule is CCOc1ccc(-c2nnc(SCC(=O)NCc3ccc(Cl)cc3)n2N)cc1. The number of amides is 1. The molecule has 146 valence electrons. The van der Waals surface area contributed by atoms with E-state index in [1.54, 1.807) is 12.1 Å². The van der Waals surface area contributed by atoms with Gasteiger partial charge >= 0.3 is 0 Å². The Labute approximate surface area is 172 Å². The zero-order valence-electron chi connectivity index (χ0n) is 15.3. The Bertz CT molecular complexity index is 929. The van der Waals surface area contributed by atoms with Crippen LogP contribution in [0.2, 0.25) is 5.02 Å². The zero-order valence-corrected chi connectivity index (χ0v) is 16.8. The molecule has 2 aromatic carbocycles. The molecule has 0 atom stereocenters. The van der Waals surface area contributed by atoms with Gasteiger partial charge in [0.15, 0.2) is 5.82 Å². The minimum atomic E-state index is -0.120. The minimum Gasteiger partial charge on any atom is -0.494 e. The highest BCUT2D eigenvalue weighted by Crippen LogP contribution is 2.23. The highest BCUT2D eigenvalue weighted by atomic mass is 35.5. The third-order valence-corrected chi connectivity index (χ3v) is 5.02. The van der Waals surface area contributed by atoms with Crippen LogP contribution < -0.4 is 15.9 Å². The second kappa shape index (κ2) is 9.48. The van der Waals surface area contributed by atoms with Crippen molar-refractivity contribution in [2.24, 2.45) is 0 Å². The maximum Gasteiger partial charge on any atom is 0.230 e. The number of hydrogen-bond donors (Lipinski definition) is 2. The average molecular weight is 418 g/mol. The Kier molecular flexibility index (Phi) is 6.78. The molecule has 0 aliphatic heterocycles. The second-order valence-electron chi connectivity index (χ2n) is 5.83. The van der Waals surface area contributed by atoms with Gasteiger partial charge in [0, 0.05) is 17.1 Å². The molecule has 1 heterocycles. The van der Waals surface area contributed by atoms with E-state index in [1.807, 2.05) is 43.3 Å². The van der Waals surface area contributed by atoms with E-state index in [9.17, 15) is 4.79 Å². The van der Waals surface area contributed by atoms with Crippen molar-refractivity contribution in [1.82, 2.24) is 20.2 Å². The van der Waals surface area contributed by atoms with Crippen LogP contribution in [0.5, 0.6) is 5.75 Å². The van der Waals surface area contributed by atoms with Crippen LogP contribution in [0.4, 0.5) is 0 Å². The topological polar surface area (TPSA) is 95.1 Å². The van der Waals surface area contributed by atoms with Crippen LogP contribution >= 0.6 is 23.4 Å². The van der Waals surface area contributed by atoms with Crippen molar-refractivity contribution in [3.8, 4) is 17.1 Å². The number of ether oxygens (including phenoxy) is 1. The van der Waals surface area contributed by atoms with Crippen molar-refractivity contribution in [3.05, 3.63) is 59.1 Å². The number of hydrogen-bond acceptors (Lipinski definition) is 6. The highest BCUT2D eigenvalue weighted by molar-refractivity contribution is 7.99. The molecule has 0 fully saturated rings. The van der Waals surface area contributed by atoms with E-state index in [0.29, 0.717) is 29.2 Å². The van der Waals surface area contributed by atoms with Gasteiger partial charge in [-0.05, 0) is 48.9 Å². The summed E-state index contributed by atoms with van der Waals surface area (Å²) < 4.78 is 6.81. The lowest BCUT2D eigenvalue weighted by molar-refractivity contribution is -0.118. The zero-order chi connectivity index (χ0) is 19.9. The second-order valence-corrected chi connectivity index (χ2v) is 7.20. The van der Waals surface area contributed by atoms with Gasteiger partial charge in [-0.15, -0.1) is 10.2 Å². The number of carbonyl (C=O) groups is 1. The van der Waals surface area contributed by atoms with Crippen LogP contribution in [0.15, 0.2) is 53.7 Å². The number of nitrogens with one attached hydrogen (secondary N) is 1. The number of rotatable bonds is 8. The van der Waals surface area contributed by atoms with E-state index in [-0.39, 0.29) is 11.7 Å². The van der Waals surface area contributed by atoms with Gasteiger partial charge in [0.05, 0.1) is 12.4 Å². The summed E-state index contributed by atoms with van der Waals surface area (Å²) in [6.07, 6.45) is 0. The first-order valence-corrected chi connectivity index (χ1v) is 10.0. The molecule has 0 bridgehead atoms. The molecule has 7 nitrogen and oxygen atoms in total. The van der Waals surface area contributed by atoms with Gasteiger partial charge in [0.1, 0.15) is 5.75 Å². The predicted octanol–water partition coefficient (Wildman–Crippen LogP) is 3.12. The van der Waals surface area contributed by atoms with Crippen molar-refractivity contribution in [2.75, 3.05) is 18.2 Å². The number of carbonyl (C=O) groups excluding carboxylic acids is 1. The monoisotopic (exact) mass is 417 g/mol. The van der Waals surface area contributed by atoms with E-state index in [0.717, 1.165) is 16.9 Å². The lowest BCUT2D eigenvalue weighted by atomic mass is 10.2. The number of aromatic nitrogens is 3. The summed E-state index contributed by atoms with van der Waals surface area (Å²) in [6.45, 7) is 2.97. The fourth-order valence-corrected chi connectivity index (χ4v) is 3.24. The van der Waals surface area contributed by atoms with Crippen LogP contribution in [-0.4, -0.2) is 33.1 Å². The number of nitrogen functional groups attached to an aromatic ring is 1. The number of benzene rings is 2. The molecule has 28 heavy (non-hydrogen) atoms. The van der Waals surface area contributed by atoms with Crippen molar-refractivity contribution in [3.63, 3.8) is 0 Å². The van der Waals surface area contributed by atoms with Crippen LogP contribution in [0.25, 0.3) is 11.4 Å². The van der Waals surface area contributed by atoms with Crippen molar-refractivity contribution in [1.29, 1.82) is 0 Å². The van der Waals surface area contributed by atoms with Gasteiger partial charge in [0.25, 0.3) is 0 Å².